The first-order chi connectivity index (χ1) is 23.9. The number of alkyl carbamates (subject to hydrolysis) is 1. The van der Waals surface area contributed by atoms with Crippen molar-refractivity contribution in [3.8, 4) is 0 Å². The molecule has 9 rings (SSSR count). The summed E-state index contributed by atoms with van der Waals surface area (Å²) < 4.78 is 10.9. The van der Waals surface area contributed by atoms with E-state index in [4.69, 9.17) is 9.47 Å². The van der Waals surface area contributed by atoms with Gasteiger partial charge in [0.25, 0.3) is 0 Å². The van der Waals surface area contributed by atoms with Crippen LogP contribution in [0.15, 0.2) is 48.1 Å². The lowest BCUT2D eigenvalue weighted by molar-refractivity contribution is -0.163. The normalized spacial score (nSPS) is 41.5. The first-order valence-electron chi connectivity index (χ1n) is 19.0. The molecule has 1 saturated heterocycles. The molecular formula is C42H54N2O7. The Labute approximate surface area is 301 Å². The zero-order valence-electron chi connectivity index (χ0n) is 31.1. The molecular weight excluding hydrogens is 644 g/mol. The largest absolute Gasteiger partial charge is 0.458 e. The molecule has 1 amide bonds. The van der Waals surface area contributed by atoms with Gasteiger partial charge in [-0.15, -0.1) is 0 Å². The van der Waals surface area contributed by atoms with Gasteiger partial charge in [0.1, 0.15) is 5.60 Å². The number of carbonyl (C=O) groups is 4. The van der Waals surface area contributed by atoms with E-state index in [1.807, 2.05) is 26.8 Å². The maximum absolute atomic E-state index is 14.5. The van der Waals surface area contributed by atoms with Gasteiger partial charge in [-0.1, -0.05) is 37.6 Å². The lowest BCUT2D eigenvalue weighted by Crippen LogP contribution is -2.75. The molecule has 1 heterocycles. The van der Waals surface area contributed by atoms with Gasteiger partial charge in [-0.25, -0.2) is 4.79 Å². The van der Waals surface area contributed by atoms with Crippen LogP contribution in [0.4, 0.5) is 10.5 Å². The van der Waals surface area contributed by atoms with Crippen molar-refractivity contribution in [3.63, 3.8) is 0 Å². The first-order valence-corrected chi connectivity index (χ1v) is 19.0. The van der Waals surface area contributed by atoms with Gasteiger partial charge in [0.15, 0.2) is 18.2 Å². The molecule has 0 spiro atoms. The summed E-state index contributed by atoms with van der Waals surface area (Å²) >= 11 is 0. The fourth-order valence-corrected chi connectivity index (χ4v) is 13.0. The monoisotopic (exact) mass is 698 g/mol. The molecule has 7 fully saturated rings. The van der Waals surface area contributed by atoms with Crippen LogP contribution in [0, 0.1) is 45.3 Å². The van der Waals surface area contributed by atoms with Crippen LogP contribution >= 0.6 is 0 Å². The van der Waals surface area contributed by atoms with Gasteiger partial charge in [0.05, 0.1) is 11.5 Å². The number of nitrogens with zero attached hydrogens (tertiary/aromatic N) is 1. The number of esters is 1. The molecule has 6 saturated carbocycles. The topological polar surface area (TPSA) is 122 Å². The van der Waals surface area contributed by atoms with Gasteiger partial charge >= 0.3 is 12.1 Å². The average molecular weight is 699 g/mol. The number of allylic oxidation sites excluding steroid dienone is 4. The molecule has 7 aliphatic carbocycles. The molecule has 2 N–H and O–H groups in total. The number of ether oxygens (including phenoxy) is 2. The van der Waals surface area contributed by atoms with Crippen molar-refractivity contribution in [1.29, 1.82) is 0 Å². The summed E-state index contributed by atoms with van der Waals surface area (Å²) in [4.78, 5) is 53.5. The lowest BCUT2D eigenvalue weighted by Gasteiger charge is -2.70. The van der Waals surface area contributed by atoms with Gasteiger partial charge in [-0.2, -0.15) is 0 Å². The molecule has 8 aliphatic rings. The molecule has 0 radical (unpaired) electrons. The molecule has 0 aromatic heterocycles. The number of rotatable bonds is 7. The fraction of sp³-hybridized carbons (Fsp3) is 0.667. The van der Waals surface area contributed by atoms with E-state index in [0.29, 0.717) is 13.0 Å². The summed E-state index contributed by atoms with van der Waals surface area (Å²) in [5, 5.41) is 15.2. The van der Waals surface area contributed by atoms with Crippen LogP contribution in [0.3, 0.4) is 0 Å². The van der Waals surface area contributed by atoms with Crippen LogP contribution in [0.1, 0.15) is 92.1 Å². The number of hydrogen-bond acceptors (Lipinski definition) is 8. The third-order valence-corrected chi connectivity index (χ3v) is 14.7. The smallest absolute Gasteiger partial charge is 0.408 e. The minimum absolute atomic E-state index is 0.00734. The number of amides is 1. The van der Waals surface area contributed by atoms with Gasteiger partial charge in [-0.3, -0.25) is 14.4 Å². The number of fused-ring (bicyclic) bond motifs is 7. The van der Waals surface area contributed by atoms with Crippen molar-refractivity contribution in [1.82, 2.24) is 5.32 Å². The second-order valence-corrected chi connectivity index (χ2v) is 19.0. The molecule has 1 aromatic rings. The Bertz CT molecular complexity index is 1720. The van der Waals surface area contributed by atoms with E-state index < -0.39 is 28.5 Å². The SMILES string of the molecule is CC(=O)OCC(=O)[C@@]12CN(c3ccc(CC45CC(NC(=O)OC(C)(C)C)(C4)C5)cc3)C[C@@H]1C[C@H]1[C@@H]3CCC4=CC(=O)C=C[C@]4(C)[C@H]3[C@@H](O)C[C@@]12C. The second kappa shape index (κ2) is 11.3. The number of ketones is 2. The van der Waals surface area contributed by atoms with E-state index >= 15 is 0 Å². The Morgan fingerprint density at radius 3 is 2.45 bits per heavy atom. The summed E-state index contributed by atoms with van der Waals surface area (Å²) in [6.45, 7) is 12.4. The minimum Gasteiger partial charge on any atom is -0.458 e. The molecule has 1 aromatic carbocycles. The number of Topliss-reactive ketones (excluding diaryl/α,β-unsaturated/α-hetero) is 1. The predicted octanol–water partition coefficient (Wildman–Crippen LogP) is 6.12. The fourth-order valence-electron chi connectivity index (χ4n) is 13.0. The van der Waals surface area contributed by atoms with E-state index in [1.165, 1.54) is 12.5 Å². The van der Waals surface area contributed by atoms with E-state index in [9.17, 15) is 24.3 Å². The maximum Gasteiger partial charge on any atom is 0.408 e. The highest BCUT2D eigenvalue weighted by molar-refractivity contribution is 6.01. The molecule has 2 bridgehead atoms. The highest BCUT2D eigenvalue weighted by Gasteiger charge is 2.73. The number of hydrogen-bond donors (Lipinski definition) is 2. The number of nitrogens with one attached hydrogen (secondary N) is 1. The predicted molar refractivity (Wildman–Crippen MR) is 192 cm³/mol. The van der Waals surface area contributed by atoms with Crippen molar-refractivity contribution in [2.75, 3.05) is 24.6 Å². The second-order valence-electron chi connectivity index (χ2n) is 19.0. The standard InChI is InChI=1S/C42H54N2O7/c1-25(45)50-20-34(48)42-24-44(29-10-7-26(8-11-29)17-40-21-41(22-40,23-40)43-36(49)51-37(2,3)4)19-28(42)16-32-31-12-9-27-15-30(46)13-14-38(27,5)35(31)33(47)18-39(32,42)6/h7-8,10-11,13-15,28,31-33,35,47H,9,12,16-24H2,1-6H3,(H,43,49)/t28-,31-,32-,33-,35+,38-,39-,40?,41?,42+/m0/s1. The molecule has 0 unspecified atom stereocenters. The third kappa shape index (κ3) is 5.26. The highest BCUT2D eigenvalue weighted by Crippen LogP contribution is 2.73. The van der Waals surface area contributed by atoms with Crippen molar-refractivity contribution in [2.24, 2.45) is 45.3 Å². The summed E-state index contributed by atoms with van der Waals surface area (Å²) in [6.07, 6.45) is 11.5. The number of aliphatic hydroxyl groups excluding tert-OH is 1. The van der Waals surface area contributed by atoms with Crippen molar-refractivity contribution < 1.29 is 33.8 Å². The summed E-state index contributed by atoms with van der Waals surface area (Å²) in [7, 11) is 0. The average Bonchev–Trinajstić information content (AvgIpc) is 3.51. The first kappa shape index (κ1) is 34.6. The van der Waals surface area contributed by atoms with E-state index in [2.05, 4.69) is 48.3 Å². The number of anilines is 1. The minimum atomic E-state index is -0.756. The Kier molecular flexibility index (Phi) is 7.65. The summed E-state index contributed by atoms with van der Waals surface area (Å²) in [6, 6.07) is 8.78. The highest BCUT2D eigenvalue weighted by atomic mass is 16.6. The molecule has 51 heavy (non-hydrogen) atoms. The quantitative estimate of drug-likeness (QED) is 0.327. The summed E-state index contributed by atoms with van der Waals surface area (Å²) in [5.41, 5.74) is 1.48. The Balaban J connectivity index is 0.999. The zero-order chi connectivity index (χ0) is 36.4. The zero-order valence-corrected chi connectivity index (χ0v) is 31.1. The van der Waals surface area contributed by atoms with Crippen LogP contribution in [-0.4, -0.2) is 65.7 Å². The van der Waals surface area contributed by atoms with Crippen molar-refractivity contribution in [2.45, 2.75) is 110 Å². The van der Waals surface area contributed by atoms with Gasteiger partial charge in [0.2, 0.25) is 0 Å². The van der Waals surface area contributed by atoms with Gasteiger partial charge in [-0.05, 0) is 131 Å². The van der Waals surface area contributed by atoms with Crippen LogP contribution < -0.4 is 10.2 Å². The Morgan fingerprint density at radius 2 is 1.78 bits per heavy atom. The Morgan fingerprint density at radius 1 is 1.08 bits per heavy atom. The maximum atomic E-state index is 14.5. The van der Waals surface area contributed by atoms with Crippen LogP contribution in [0.2, 0.25) is 0 Å². The number of aliphatic hydroxyl groups is 1. The molecule has 9 nitrogen and oxygen atoms in total. The van der Waals surface area contributed by atoms with Crippen molar-refractivity contribution >= 4 is 29.3 Å². The lowest BCUT2D eigenvalue weighted by atomic mass is 9.38. The summed E-state index contributed by atoms with van der Waals surface area (Å²) in [5.74, 6) is 0.0727. The number of carbonyl (C=O) groups excluding carboxylic acids is 4. The molecule has 8 atom stereocenters. The van der Waals surface area contributed by atoms with Crippen LogP contribution in [-0.2, 0) is 30.3 Å². The van der Waals surface area contributed by atoms with E-state index in [-0.39, 0.29) is 64.3 Å². The van der Waals surface area contributed by atoms with Crippen LogP contribution in [0.5, 0.6) is 0 Å². The van der Waals surface area contributed by atoms with Crippen molar-refractivity contribution in [3.05, 3.63) is 53.6 Å². The van der Waals surface area contributed by atoms with E-state index in [1.54, 1.807) is 12.2 Å². The Hall–Kier alpha value is -3.46. The molecule has 9 heteroatoms. The van der Waals surface area contributed by atoms with Crippen LogP contribution in [0.25, 0.3) is 0 Å². The molecule has 1 aliphatic heterocycles. The molecule has 274 valence electrons. The number of benzene rings is 1. The van der Waals surface area contributed by atoms with Gasteiger partial charge < -0.3 is 24.8 Å². The van der Waals surface area contributed by atoms with Gasteiger partial charge in [0, 0.05) is 42.6 Å². The van der Waals surface area contributed by atoms with E-state index in [0.717, 1.165) is 62.8 Å². The third-order valence-electron chi connectivity index (χ3n) is 14.7.